The standard InChI is InChI=1S/C19H24N4O3S/c1-12-6-7-15(9-13(12)2)14(3)20-16(24)11-27-19-22-21-17(26-19)10-23-8-4-5-18(23)25/h6-7,9,14H,4-5,8,10-11H2,1-3H3,(H,20,24). The Morgan fingerprint density at radius 3 is 2.85 bits per heavy atom. The van der Waals surface area contributed by atoms with Crippen molar-refractivity contribution in [2.75, 3.05) is 12.3 Å². The minimum atomic E-state index is -0.0970. The Labute approximate surface area is 162 Å². The Kier molecular flexibility index (Phi) is 6.15. The molecule has 1 aliphatic heterocycles. The number of aromatic nitrogens is 2. The molecule has 0 aliphatic carbocycles. The highest BCUT2D eigenvalue weighted by Crippen LogP contribution is 2.20. The number of thioether (sulfide) groups is 1. The summed E-state index contributed by atoms with van der Waals surface area (Å²) in [5.41, 5.74) is 3.51. The summed E-state index contributed by atoms with van der Waals surface area (Å²) in [4.78, 5) is 25.6. The minimum Gasteiger partial charge on any atom is -0.414 e. The van der Waals surface area contributed by atoms with E-state index in [9.17, 15) is 9.59 Å². The van der Waals surface area contributed by atoms with Crippen molar-refractivity contribution in [2.24, 2.45) is 0 Å². The number of hydrogen-bond acceptors (Lipinski definition) is 6. The summed E-state index contributed by atoms with van der Waals surface area (Å²) in [5.74, 6) is 0.610. The van der Waals surface area contributed by atoms with E-state index in [1.165, 1.54) is 22.9 Å². The Morgan fingerprint density at radius 1 is 1.33 bits per heavy atom. The molecular formula is C19H24N4O3S. The number of carbonyl (C=O) groups excluding carboxylic acids is 2. The molecule has 1 saturated heterocycles. The molecule has 0 bridgehead atoms. The van der Waals surface area contributed by atoms with Crippen LogP contribution in [0.25, 0.3) is 0 Å². The van der Waals surface area contributed by atoms with Crippen LogP contribution in [0.4, 0.5) is 0 Å². The lowest BCUT2D eigenvalue weighted by atomic mass is 10.0. The van der Waals surface area contributed by atoms with Crippen molar-refractivity contribution >= 4 is 23.6 Å². The van der Waals surface area contributed by atoms with Gasteiger partial charge in [-0.15, -0.1) is 10.2 Å². The van der Waals surface area contributed by atoms with Crippen LogP contribution >= 0.6 is 11.8 Å². The zero-order valence-electron chi connectivity index (χ0n) is 15.8. The molecule has 1 aromatic heterocycles. The van der Waals surface area contributed by atoms with E-state index in [4.69, 9.17) is 4.42 Å². The smallest absolute Gasteiger partial charge is 0.277 e. The van der Waals surface area contributed by atoms with E-state index in [1.54, 1.807) is 4.90 Å². The molecule has 7 nitrogen and oxygen atoms in total. The number of benzene rings is 1. The van der Waals surface area contributed by atoms with Gasteiger partial charge >= 0.3 is 0 Å². The van der Waals surface area contributed by atoms with Gasteiger partial charge in [0.05, 0.1) is 18.3 Å². The van der Waals surface area contributed by atoms with Crippen LogP contribution in [0.1, 0.15) is 48.4 Å². The van der Waals surface area contributed by atoms with Gasteiger partial charge in [-0.1, -0.05) is 30.0 Å². The summed E-state index contributed by atoms with van der Waals surface area (Å²) in [6.07, 6.45) is 1.45. The van der Waals surface area contributed by atoms with Gasteiger partial charge in [-0.2, -0.15) is 0 Å². The molecule has 1 aromatic carbocycles. The van der Waals surface area contributed by atoms with Crippen LogP contribution < -0.4 is 5.32 Å². The van der Waals surface area contributed by atoms with Gasteiger partial charge < -0.3 is 14.6 Å². The zero-order chi connectivity index (χ0) is 19.4. The van der Waals surface area contributed by atoms with E-state index in [0.717, 1.165) is 18.5 Å². The topological polar surface area (TPSA) is 88.3 Å². The Bertz CT molecular complexity index is 836. The fourth-order valence-electron chi connectivity index (χ4n) is 2.92. The molecule has 3 rings (SSSR count). The van der Waals surface area contributed by atoms with Crippen molar-refractivity contribution in [3.05, 3.63) is 40.8 Å². The Morgan fingerprint density at radius 2 is 2.15 bits per heavy atom. The van der Waals surface area contributed by atoms with E-state index in [-0.39, 0.29) is 23.6 Å². The van der Waals surface area contributed by atoms with Crippen LogP contribution in [0.5, 0.6) is 0 Å². The van der Waals surface area contributed by atoms with Crippen molar-refractivity contribution in [3.8, 4) is 0 Å². The van der Waals surface area contributed by atoms with Gasteiger partial charge in [-0.3, -0.25) is 9.59 Å². The zero-order valence-corrected chi connectivity index (χ0v) is 16.6. The van der Waals surface area contributed by atoms with Crippen LogP contribution in [0.2, 0.25) is 0 Å². The second kappa shape index (κ2) is 8.56. The molecule has 2 heterocycles. The summed E-state index contributed by atoms with van der Waals surface area (Å²) in [6, 6.07) is 6.12. The van der Waals surface area contributed by atoms with Crippen molar-refractivity contribution in [1.82, 2.24) is 20.4 Å². The molecule has 1 aliphatic rings. The Hall–Kier alpha value is -2.35. The summed E-state index contributed by atoms with van der Waals surface area (Å²) < 4.78 is 5.53. The summed E-state index contributed by atoms with van der Waals surface area (Å²) >= 11 is 1.20. The molecule has 1 fully saturated rings. The van der Waals surface area contributed by atoms with Gasteiger partial charge in [0.2, 0.25) is 17.7 Å². The molecule has 0 spiro atoms. The molecule has 8 heteroatoms. The first-order valence-corrected chi connectivity index (χ1v) is 10.0. The molecule has 2 aromatic rings. The maximum atomic E-state index is 12.2. The van der Waals surface area contributed by atoms with Crippen LogP contribution in [-0.2, 0) is 16.1 Å². The van der Waals surface area contributed by atoms with E-state index >= 15 is 0 Å². The lowest BCUT2D eigenvalue weighted by Crippen LogP contribution is -2.28. The second-order valence-corrected chi connectivity index (χ2v) is 7.73. The number of carbonyl (C=O) groups is 2. The van der Waals surface area contributed by atoms with E-state index in [2.05, 4.69) is 41.5 Å². The largest absolute Gasteiger partial charge is 0.414 e. The van der Waals surface area contributed by atoms with Crippen LogP contribution in [-0.4, -0.2) is 39.2 Å². The first-order valence-electron chi connectivity index (χ1n) is 9.02. The molecule has 0 saturated carbocycles. The summed E-state index contributed by atoms with van der Waals surface area (Å²) in [5, 5.41) is 11.2. The van der Waals surface area contributed by atoms with Gasteiger partial charge in [-0.25, -0.2) is 0 Å². The number of amides is 2. The van der Waals surface area contributed by atoms with Gasteiger partial charge in [0, 0.05) is 13.0 Å². The first kappa shape index (κ1) is 19.4. The number of rotatable bonds is 7. The van der Waals surface area contributed by atoms with Gasteiger partial charge in [-0.05, 0) is 43.9 Å². The monoisotopic (exact) mass is 388 g/mol. The number of nitrogens with zero attached hydrogens (tertiary/aromatic N) is 3. The van der Waals surface area contributed by atoms with Crippen molar-refractivity contribution in [3.63, 3.8) is 0 Å². The molecule has 2 amide bonds. The Balaban J connectivity index is 1.47. The van der Waals surface area contributed by atoms with E-state index in [1.807, 2.05) is 13.0 Å². The highest BCUT2D eigenvalue weighted by Gasteiger charge is 2.22. The molecule has 144 valence electrons. The lowest BCUT2D eigenvalue weighted by Gasteiger charge is -2.15. The van der Waals surface area contributed by atoms with Gasteiger partial charge in [0.25, 0.3) is 5.22 Å². The van der Waals surface area contributed by atoms with Crippen molar-refractivity contribution in [1.29, 1.82) is 0 Å². The molecular weight excluding hydrogens is 364 g/mol. The highest BCUT2D eigenvalue weighted by molar-refractivity contribution is 7.99. The number of hydrogen-bond donors (Lipinski definition) is 1. The summed E-state index contributed by atoms with van der Waals surface area (Å²) in [7, 11) is 0. The number of nitrogens with one attached hydrogen (secondary N) is 1. The molecule has 27 heavy (non-hydrogen) atoms. The third kappa shape index (κ3) is 5.09. The number of likely N-dealkylation sites (tertiary alicyclic amines) is 1. The molecule has 0 radical (unpaired) electrons. The van der Waals surface area contributed by atoms with Gasteiger partial charge in [0.1, 0.15) is 0 Å². The minimum absolute atomic E-state index is 0.0724. The van der Waals surface area contributed by atoms with Gasteiger partial charge in [0.15, 0.2) is 0 Å². The van der Waals surface area contributed by atoms with Crippen molar-refractivity contribution < 1.29 is 14.0 Å². The molecule has 1 atom stereocenters. The maximum absolute atomic E-state index is 12.2. The molecule has 1 unspecified atom stereocenters. The van der Waals surface area contributed by atoms with Crippen LogP contribution in [0.3, 0.4) is 0 Å². The van der Waals surface area contributed by atoms with Crippen LogP contribution in [0, 0.1) is 13.8 Å². The van der Waals surface area contributed by atoms with E-state index in [0.29, 0.717) is 24.1 Å². The predicted molar refractivity (Wildman–Crippen MR) is 102 cm³/mol. The number of aryl methyl sites for hydroxylation is 2. The normalized spacial score (nSPS) is 15.2. The fraction of sp³-hybridized carbons (Fsp3) is 0.474. The quantitative estimate of drug-likeness (QED) is 0.734. The predicted octanol–water partition coefficient (Wildman–Crippen LogP) is 2.78. The SMILES string of the molecule is Cc1ccc(C(C)NC(=O)CSc2nnc(CN3CCCC3=O)o2)cc1C. The highest BCUT2D eigenvalue weighted by atomic mass is 32.2. The summed E-state index contributed by atoms with van der Waals surface area (Å²) in [6.45, 7) is 7.15. The molecule has 1 N–H and O–H groups in total. The average molecular weight is 388 g/mol. The first-order chi connectivity index (χ1) is 12.9. The van der Waals surface area contributed by atoms with Crippen LogP contribution in [0.15, 0.2) is 27.8 Å². The second-order valence-electron chi connectivity index (χ2n) is 6.80. The third-order valence-electron chi connectivity index (χ3n) is 4.68. The average Bonchev–Trinajstić information content (AvgIpc) is 3.25. The lowest BCUT2D eigenvalue weighted by molar-refractivity contribution is -0.128. The fourth-order valence-corrected chi connectivity index (χ4v) is 3.51. The third-order valence-corrected chi connectivity index (χ3v) is 5.50. The maximum Gasteiger partial charge on any atom is 0.277 e. The van der Waals surface area contributed by atoms with E-state index < -0.39 is 0 Å². The van der Waals surface area contributed by atoms with Crippen molar-refractivity contribution in [2.45, 2.75) is 51.4 Å².